The molecule has 0 aliphatic heterocycles. The first-order chi connectivity index (χ1) is 9.35. The van der Waals surface area contributed by atoms with Gasteiger partial charge >= 0.3 is 0 Å². The van der Waals surface area contributed by atoms with Gasteiger partial charge in [0.15, 0.2) is 0 Å². The minimum atomic E-state index is 0.761. The number of hydrogen-bond donors (Lipinski definition) is 1. The van der Waals surface area contributed by atoms with E-state index in [9.17, 15) is 0 Å². The van der Waals surface area contributed by atoms with E-state index in [1.54, 1.807) is 0 Å². The Balaban J connectivity index is 1.80. The van der Waals surface area contributed by atoms with Crippen LogP contribution < -0.4 is 5.32 Å². The molecular formula is C17H33NS. The van der Waals surface area contributed by atoms with Crippen molar-refractivity contribution < 1.29 is 0 Å². The molecule has 0 radical (unpaired) electrons. The third-order valence-corrected chi connectivity index (χ3v) is 6.94. The normalized spacial score (nSPS) is 31.3. The summed E-state index contributed by atoms with van der Waals surface area (Å²) in [6.07, 6.45) is 14.7. The van der Waals surface area contributed by atoms with Gasteiger partial charge in [0.25, 0.3) is 0 Å². The zero-order valence-electron chi connectivity index (χ0n) is 13.0. The smallest absolute Gasteiger partial charge is 0.0186 e. The fraction of sp³-hybridized carbons (Fsp3) is 1.00. The van der Waals surface area contributed by atoms with Crippen LogP contribution >= 0.6 is 11.8 Å². The molecule has 112 valence electrons. The maximum atomic E-state index is 3.65. The molecule has 19 heavy (non-hydrogen) atoms. The molecule has 2 fully saturated rings. The largest absolute Gasteiger partial charge is 0.316 e. The van der Waals surface area contributed by atoms with Crippen molar-refractivity contribution in [2.75, 3.05) is 12.8 Å². The molecule has 0 amide bonds. The lowest BCUT2D eigenvalue weighted by molar-refractivity contribution is 0.190. The Morgan fingerprint density at radius 3 is 2.37 bits per heavy atom. The van der Waals surface area contributed by atoms with Crippen molar-refractivity contribution in [3.05, 3.63) is 0 Å². The summed E-state index contributed by atoms with van der Waals surface area (Å²) in [5, 5.41) is 4.62. The molecule has 2 heteroatoms. The van der Waals surface area contributed by atoms with E-state index in [1.165, 1.54) is 70.0 Å². The second-order valence-corrected chi connectivity index (χ2v) is 7.94. The summed E-state index contributed by atoms with van der Waals surface area (Å²) in [5.74, 6) is 3.28. The molecular weight excluding hydrogens is 250 g/mol. The van der Waals surface area contributed by atoms with Gasteiger partial charge in [0.1, 0.15) is 0 Å². The van der Waals surface area contributed by atoms with Gasteiger partial charge in [0.2, 0.25) is 0 Å². The second kappa shape index (κ2) is 8.56. The molecule has 0 spiro atoms. The topological polar surface area (TPSA) is 12.0 Å². The average molecular weight is 284 g/mol. The minimum absolute atomic E-state index is 0.761. The summed E-state index contributed by atoms with van der Waals surface area (Å²) in [6.45, 7) is 2.39. The van der Waals surface area contributed by atoms with Gasteiger partial charge in [0.05, 0.1) is 0 Å². The van der Waals surface area contributed by atoms with Crippen molar-refractivity contribution in [2.45, 2.75) is 82.4 Å². The van der Waals surface area contributed by atoms with Gasteiger partial charge in [-0.2, -0.15) is 11.8 Å². The van der Waals surface area contributed by atoms with Crippen molar-refractivity contribution >= 4 is 11.8 Å². The van der Waals surface area contributed by atoms with Crippen molar-refractivity contribution in [2.24, 2.45) is 11.8 Å². The first-order valence-electron chi connectivity index (χ1n) is 8.64. The van der Waals surface area contributed by atoms with Gasteiger partial charge in [-0.25, -0.2) is 0 Å². The zero-order chi connectivity index (χ0) is 13.5. The predicted octanol–water partition coefficient (Wildman–Crippen LogP) is 4.86. The molecule has 0 aromatic carbocycles. The summed E-state index contributed by atoms with van der Waals surface area (Å²) in [6, 6.07) is 0.761. The Labute approximate surface area is 124 Å². The highest BCUT2D eigenvalue weighted by Crippen LogP contribution is 2.37. The van der Waals surface area contributed by atoms with Crippen molar-refractivity contribution in [3.63, 3.8) is 0 Å². The first-order valence-corrected chi connectivity index (χ1v) is 9.69. The van der Waals surface area contributed by atoms with Crippen LogP contribution in [0.1, 0.15) is 71.1 Å². The highest BCUT2D eigenvalue weighted by atomic mass is 32.2. The molecule has 3 atom stereocenters. The lowest BCUT2D eigenvalue weighted by Gasteiger charge is -2.37. The molecule has 0 aromatic heterocycles. The highest BCUT2D eigenvalue weighted by Gasteiger charge is 2.30. The summed E-state index contributed by atoms with van der Waals surface area (Å²) in [4.78, 5) is 0. The third-order valence-electron chi connectivity index (χ3n) is 5.44. The van der Waals surface area contributed by atoms with Gasteiger partial charge in [0, 0.05) is 17.0 Å². The van der Waals surface area contributed by atoms with E-state index in [1.807, 2.05) is 0 Å². The highest BCUT2D eigenvalue weighted by molar-refractivity contribution is 7.99. The van der Waals surface area contributed by atoms with E-state index >= 15 is 0 Å². The van der Waals surface area contributed by atoms with Crippen molar-refractivity contribution in [1.29, 1.82) is 0 Å². The molecule has 2 saturated carbocycles. The van der Waals surface area contributed by atoms with E-state index in [2.05, 4.69) is 31.1 Å². The van der Waals surface area contributed by atoms with E-state index in [0.29, 0.717) is 0 Å². The minimum Gasteiger partial charge on any atom is -0.316 e. The van der Waals surface area contributed by atoms with Crippen LogP contribution in [-0.2, 0) is 0 Å². The van der Waals surface area contributed by atoms with Gasteiger partial charge in [-0.3, -0.25) is 0 Å². The monoisotopic (exact) mass is 283 g/mol. The van der Waals surface area contributed by atoms with Crippen LogP contribution in [0.4, 0.5) is 0 Å². The third kappa shape index (κ3) is 4.67. The van der Waals surface area contributed by atoms with Crippen molar-refractivity contribution in [1.82, 2.24) is 5.32 Å². The molecule has 0 aromatic rings. The van der Waals surface area contributed by atoms with Crippen molar-refractivity contribution in [3.8, 4) is 0 Å². The summed E-state index contributed by atoms with van der Waals surface area (Å²) >= 11 is 2.27. The zero-order valence-corrected chi connectivity index (χ0v) is 13.8. The molecule has 0 saturated heterocycles. The van der Waals surface area contributed by atoms with Crippen LogP contribution in [0, 0.1) is 11.8 Å². The van der Waals surface area contributed by atoms with Gasteiger partial charge < -0.3 is 5.32 Å². The molecule has 2 aliphatic carbocycles. The lowest BCUT2D eigenvalue weighted by atomic mass is 9.74. The molecule has 1 N–H and O–H groups in total. The SMILES string of the molecule is CCC1CCCCC1C(CSC1CCCCC1)NC. The van der Waals surface area contributed by atoms with E-state index < -0.39 is 0 Å². The number of thioether (sulfide) groups is 1. The Kier molecular flexibility index (Phi) is 7.07. The fourth-order valence-corrected chi connectivity index (χ4v) is 5.73. The number of nitrogens with one attached hydrogen (secondary N) is 1. The standard InChI is InChI=1S/C17H33NS/c1-3-14-9-7-8-12-16(14)17(18-2)13-19-15-10-5-4-6-11-15/h14-18H,3-13H2,1-2H3. The van der Waals surface area contributed by atoms with Crippen LogP contribution in [0.25, 0.3) is 0 Å². The molecule has 0 bridgehead atoms. The van der Waals surface area contributed by atoms with E-state index in [0.717, 1.165) is 23.1 Å². The van der Waals surface area contributed by atoms with Gasteiger partial charge in [-0.1, -0.05) is 51.9 Å². The van der Waals surface area contributed by atoms with Gasteiger partial charge in [-0.15, -0.1) is 0 Å². The molecule has 0 heterocycles. The van der Waals surface area contributed by atoms with Crippen LogP contribution in [-0.4, -0.2) is 24.1 Å². The van der Waals surface area contributed by atoms with E-state index in [-0.39, 0.29) is 0 Å². The summed E-state index contributed by atoms with van der Waals surface area (Å²) < 4.78 is 0. The number of hydrogen-bond acceptors (Lipinski definition) is 2. The predicted molar refractivity (Wildman–Crippen MR) is 87.9 cm³/mol. The average Bonchev–Trinajstić information content (AvgIpc) is 2.49. The fourth-order valence-electron chi connectivity index (χ4n) is 4.17. The van der Waals surface area contributed by atoms with Crippen LogP contribution in [0.2, 0.25) is 0 Å². The molecule has 1 nitrogen and oxygen atoms in total. The summed E-state index contributed by atoms with van der Waals surface area (Å²) in [5.41, 5.74) is 0. The molecule has 3 unspecified atom stereocenters. The Bertz CT molecular complexity index is 237. The summed E-state index contributed by atoms with van der Waals surface area (Å²) in [7, 11) is 2.19. The van der Waals surface area contributed by atoms with Crippen LogP contribution in [0.15, 0.2) is 0 Å². The number of rotatable bonds is 6. The Morgan fingerprint density at radius 1 is 1.00 bits per heavy atom. The van der Waals surface area contributed by atoms with Gasteiger partial charge in [-0.05, 0) is 38.1 Å². The Hall–Kier alpha value is 0.310. The quantitative estimate of drug-likeness (QED) is 0.747. The molecule has 2 rings (SSSR count). The lowest BCUT2D eigenvalue weighted by Crippen LogP contribution is -2.41. The maximum Gasteiger partial charge on any atom is 0.0186 e. The second-order valence-electron chi connectivity index (χ2n) is 6.61. The molecule has 2 aliphatic rings. The first kappa shape index (κ1) is 15.7. The van der Waals surface area contributed by atoms with Crippen LogP contribution in [0.5, 0.6) is 0 Å². The van der Waals surface area contributed by atoms with E-state index in [4.69, 9.17) is 0 Å². The van der Waals surface area contributed by atoms with Crippen LogP contribution in [0.3, 0.4) is 0 Å². The maximum absolute atomic E-state index is 3.65. The Morgan fingerprint density at radius 2 is 1.68 bits per heavy atom.